The summed E-state index contributed by atoms with van der Waals surface area (Å²) in [6.45, 7) is 4.82. The number of halogens is 3. The Balaban J connectivity index is 1.52. The van der Waals surface area contributed by atoms with E-state index >= 15 is 0 Å². The molecule has 0 bridgehead atoms. The first kappa shape index (κ1) is 19.4. The van der Waals surface area contributed by atoms with Gasteiger partial charge in [-0.3, -0.25) is 4.98 Å². The topological polar surface area (TPSA) is 50.3 Å². The fraction of sp³-hybridized carbons (Fsp3) is 0.333. The number of rotatable bonds is 4. The van der Waals surface area contributed by atoms with E-state index in [0.29, 0.717) is 24.1 Å². The van der Waals surface area contributed by atoms with E-state index in [2.05, 4.69) is 20.2 Å². The van der Waals surface area contributed by atoms with Crippen molar-refractivity contribution in [2.75, 3.05) is 29.9 Å². The van der Waals surface area contributed by atoms with Crippen LogP contribution in [0.2, 0.25) is 0 Å². The number of hydrogen-bond acceptors (Lipinski definition) is 5. The zero-order valence-corrected chi connectivity index (χ0v) is 15.9. The van der Waals surface area contributed by atoms with Crippen LogP contribution in [0.15, 0.2) is 48.8 Å². The van der Waals surface area contributed by atoms with Gasteiger partial charge >= 0.3 is 6.18 Å². The normalized spacial score (nSPS) is 17.5. The molecule has 1 aliphatic rings. The molecule has 0 spiro atoms. The molecule has 1 unspecified atom stereocenters. The molecule has 29 heavy (non-hydrogen) atoms. The quantitative estimate of drug-likeness (QED) is 0.697. The second kappa shape index (κ2) is 7.87. The molecule has 0 saturated carbocycles. The molecule has 1 aromatic carbocycles. The lowest BCUT2D eigenvalue weighted by molar-refractivity contribution is -0.137. The predicted octanol–water partition coefficient (Wildman–Crippen LogP) is 4.49. The minimum absolute atomic E-state index is 0.164. The second-order valence-corrected chi connectivity index (χ2v) is 7.09. The first-order valence-electron chi connectivity index (χ1n) is 9.41. The van der Waals surface area contributed by atoms with Gasteiger partial charge in [0.25, 0.3) is 0 Å². The van der Waals surface area contributed by atoms with Gasteiger partial charge in [-0.05, 0) is 42.8 Å². The Bertz CT molecular complexity index is 1010. The van der Waals surface area contributed by atoms with E-state index in [4.69, 9.17) is 4.74 Å². The first-order valence-corrected chi connectivity index (χ1v) is 9.41. The lowest BCUT2D eigenvalue weighted by Gasteiger charge is -2.32. The average molecular weight is 402 g/mol. The van der Waals surface area contributed by atoms with Gasteiger partial charge in [-0.25, -0.2) is 4.98 Å². The van der Waals surface area contributed by atoms with E-state index in [1.54, 1.807) is 12.3 Å². The third-order valence-corrected chi connectivity index (χ3v) is 4.93. The van der Waals surface area contributed by atoms with Crippen LogP contribution in [-0.2, 0) is 17.5 Å². The van der Waals surface area contributed by atoms with Crippen LogP contribution >= 0.6 is 0 Å². The molecule has 4 rings (SSSR count). The lowest BCUT2D eigenvalue weighted by Crippen LogP contribution is -2.41. The van der Waals surface area contributed by atoms with Crippen LogP contribution in [-0.4, -0.2) is 35.8 Å². The molecular formula is C21H21F3N4O. The molecule has 3 heterocycles. The standard InChI is InChI=1S/C21H21F3N4O/c1-14-13-28(8-9-29-14)20-10-15(4-6-26-20)12-27-18-5-7-25-19-11-16(21(22,23)24)2-3-17(18)19/h2-7,10-11,14H,8-9,12-13H2,1H3,(H,25,27). The molecule has 0 radical (unpaired) electrons. The largest absolute Gasteiger partial charge is 0.416 e. The Morgan fingerprint density at radius 3 is 2.76 bits per heavy atom. The maximum absolute atomic E-state index is 12.9. The zero-order chi connectivity index (χ0) is 20.4. The first-order chi connectivity index (χ1) is 13.9. The van der Waals surface area contributed by atoms with Crippen LogP contribution in [0.5, 0.6) is 0 Å². The molecule has 8 heteroatoms. The summed E-state index contributed by atoms with van der Waals surface area (Å²) in [5.74, 6) is 0.897. The SMILES string of the molecule is CC1CN(c2cc(CNc3ccnc4cc(C(F)(F)F)ccc34)ccn2)CCO1. The molecule has 1 saturated heterocycles. The van der Waals surface area contributed by atoms with Crippen LogP contribution < -0.4 is 10.2 Å². The number of benzene rings is 1. The highest BCUT2D eigenvalue weighted by atomic mass is 19.4. The van der Waals surface area contributed by atoms with Crippen molar-refractivity contribution in [1.82, 2.24) is 9.97 Å². The highest BCUT2D eigenvalue weighted by molar-refractivity contribution is 5.91. The molecule has 3 aromatic rings. The van der Waals surface area contributed by atoms with Crippen molar-refractivity contribution in [3.05, 3.63) is 59.9 Å². The van der Waals surface area contributed by atoms with Gasteiger partial charge in [0.2, 0.25) is 0 Å². The maximum Gasteiger partial charge on any atom is 0.416 e. The number of pyridine rings is 2. The Labute approximate surface area is 166 Å². The second-order valence-electron chi connectivity index (χ2n) is 7.09. The molecular weight excluding hydrogens is 381 g/mol. The summed E-state index contributed by atoms with van der Waals surface area (Å²) in [7, 11) is 0. The summed E-state index contributed by atoms with van der Waals surface area (Å²) in [6, 6.07) is 9.33. The highest BCUT2D eigenvalue weighted by Gasteiger charge is 2.30. The summed E-state index contributed by atoms with van der Waals surface area (Å²) >= 11 is 0. The summed E-state index contributed by atoms with van der Waals surface area (Å²) in [4.78, 5) is 10.7. The fourth-order valence-corrected chi connectivity index (χ4v) is 3.45. The smallest absolute Gasteiger partial charge is 0.380 e. The molecule has 0 amide bonds. The lowest BCUT2D eigenvalue weighted by atomic mass is 10.1. The Morgan fingerprint density at radius 2 is 1.97 bits per heavy atom. The van der Waals surface area contributed by atoms with Gasteiger partial charge in [0.15, 0.2) is 0 Å². The molecule has 1 fully saturated rings. The van der Waals surface area contributed by atoms with E-state index in [1.807, 2.05) is 19.1 Å². The van der Waals surface area contributed by atoms with Crippen molar-refractivity contribution in [2.45, 2.75) is 25.7 Å². The highest BCUT2D eigenvalue weighted by Crippen LogP contribution is 2.32. The number of ether oxygens (including phenoxy) is 1. The van der Waals surface area contributed by atoms with Gasteiger partial charge in [-0.2, -0.15) is 13.2 Å². The van der Waals surface area contributed by atoms with Gasteiger partial charge in [0, 0.05) is 43.1 Å². The third-order valence-electron chi connectivity index (χ3n) is 4.93. The predicted molar refractivity (Wildman–Crippen MR) is 106 cm³/mol. The molecule has 5 nitrogen and oxygen atoms in total. The number of fused-ring (bicyclic) bond motifs is 1. The molecule has 1 N–H and O–H groups in total. The van der Waals surface area contributed by atoms with Gasteiger partial charge in [-0.1, -0.05) is 6.07 Å². The number of nitrogens with zero attached hydrogens (tertiary/aromatic N) is 3. The Hall–Kier alpha value is -2.87. The van der Waals surface area contributed by atoms with Crippen molar-refractivity contribution in [3.63, 3.8) is 0 Å². The fourth-order valence-electron chi connectivity index (χ4n) is 3.45. The molecule has 2 aromatic heterocycles. The summed E-state index contributed by atoms with van der Waals surface area (Å²) < 4.78 is 44.4. The van der Waals surface area contributed by atoms with Crippen LogP contribution in [0.4, 0.5) is 24.7 Å². The Morgan fingerprint density at radius 1 is 1.14 bits per heavy atom. The van der Waals surface area contributed by atoms with Gasteiger partial charge in [0.1, 0.15) is 5.82 Å². The summed E-state index contributed by atoms with van der Waals surface area (Å²) in [5, 5.41) is 3.96. The van der Waals surface area contributed by atoms with E-state index < -0.39 is 11.7 Å². The van der Waals surface area contributed by atoms with Crippen LogP contribution in [0.3, 0.4) is 0 Å². The van der Waals surface area contributed by atoms with Crippen LogP contribution in [0.25, 0.3) is 10.9 Å². The van der Waals surface area contributed by atoms with Crippen LogP contribution in [0.1, 0.15) is 18.1 Å². The van der Waals surface area contributed by atoms with Crippen molar-refractivity contribution in [2.24, 2.45) is 0 Å². The minimum atomic E-state index is -4.39. The van der Waals surface area contributed by atoms with Crippen molar-refractivity contribution in [1.29, 1.82) is 0 Å². The molecule has 0 aliphatic carbocycles. The summed E-state index contributed by atoms with van der Waals surface area (Å²) in [6.07, 6.45) is -0.939. The number of alkyl halides is 3. The Kier molecular flexibility index (Phi) is 5.27. The number of nitrogens with one attached hydrogen (secondary N) is 1. The van der Waals surface area contributed by atoms with Gasteiger partial charge in [0.05, 0.1) is 23.8 Å². The number of morpholine rings is 1. The number of anilines is 2. The molecule has 152 valence electrons. The van der Waals surface area contributed by atoms with E-state index in [9.17, 15) is 13.2 Å². The molecule has 1 aliphatic heterocycles. The molecule has 1 atom stereocenters. The number of aromatic nitrogens is 2. The van der Waals surface area contributed by atoms with E-state index in [-0.39, 0.29) is 6.10 Å². The summed E-state index contributed by atoms with van der Waals surface area (Å²) in [5.41, 5.74) is 1.38. The van der Waals surface area contributed by atoms with Crippen molar-refractivity contribution < 1.29 is 17.9 Å². The van der Waals surface area contributed by atoms with Crippen LogP contribution in [0, 0.1) is 0 Å². The minimum Gasteiger partial charge on any atom is -0.380 e. The maximum atomic E-state index is 12.9. The van der Waals surface area contributed by atoms with Gasteiger partial charge < -0.3 is 15.0 Å². The number of hydrogen-bond donors (Lipinski definition) is 1. The van der Waals surface area contributed by atoms with E-state index in [1.165, 1.54) is 12.3 Å². The van der Waals surface area contributed by atoms with Crippen molar-refractivity contribution >= 4 is 22.4 Å². The third kappa shape index (κ3) is 4.42. The average Bonchev–Trinajstić information content (AvgIpc) is 2.71. The zero-order valence-electron chi connectivity index (χ0n) is 15.9. The van der Waals surface area contributed by atoms with Gasteiger partial charge in [-0.15, -0.1) is 0 Å². The van der Waals surface area contributed by atoms with E-state index in [0.717, 1.165) is 42.3 Å². The van der Waals surface area contributed by atoms with Crippen molar-refractivity contribution in [3.8, 4) is 0 Å². The monoisotopic (exact) mass is 402 g/mol.